The summed E-state index contributed by atoms with van der Waals surface area (Å²) in [4.78, 5) is 35.5. The van der Waals surface area contributed by atoms with Crippen LogP contribution < -0.4 is 0 Å². The van der Waals surface area contributed by atoms with Crippen molar-refractivity contribution in [2.75, 3.05) is 6.54 Å². The number of aliphatic carboxylic acids is 1. The second-order valence-corrected chi connectivity index (χ2v) is 5.18. The molecular weight excluding hydrogens is 226 g/mol. The van der Waals surface area contributed by atoms with Crippen molar-refractivity contribution < 1.29 is 24.2 Å². The molecule has 1 heterocycles. The third-order valence-electron chi connectivity index (χ3n) is 2.68. The zero-order chi connectivity index (χ0) is 13.4. The molecule has 0 aromatic heterocycles. The normalized spacial score (nSPS) is 24.9. The van der Waals surface area contributed by atoms with Crippen LogP contribution in [0.4, 0.5) is 4.79 Å². The van der Waals surface area contributed by atoms with Crippen LogP contribution in [0.2, 0.25) is 0 Å². The highest BCUT2D eigenvalue weighted by atomic mass is 16.6. The Hall–Kier alpha value is -1.59. The Labute approximate surface area is 99.5 Å². The third-order valence-corrected chi connectivity index (χ3v) is 2.68. The number of nitrogens with zero attached hydrogens (tertiary/aromatic N) is 1. The van der Waals surface area contributed by atoms with Gasteiger partial charge in [-0.2, -0.15) is 0 Å². The molecule has 6 nitrogen and oxygen atoms in total. The van der Waals surface area contributed by atoms with E-state index >= 15 is 0 Å². The molecule has 0 aromatic rings. The summed E-state index contributed by atoms with van der Waals surface area (Å²) in [6.07, 6.45) is -0.726. The maximum absolute atomic E-state index is 11.8. The smallest absolute Gasteiger partial charge is 0.411 e. The van der Waals surface area contributed by atoms with Gasteiger partial charge in [0.1, 0.15) is 5.60 Å². The number of ketones is 1. The molecule has 0 aromatic carbocycles. The zero-order valence-electron chi connectivity index (χ0n) is 10.4. The van der Waals surface area contributed by atoms with Crippen LogP contribution in [0, 0.1) is 0 Å². The Morgan fingerprint density at radius 1 is 1.41 bits per heavy atom. The van der Waals surface area contributed by atoms with Gasteiger partial charge in [-0.25, -0.2) is 9.59 Å². The van der Waals surface area contributed by atoms with Gasteiger partial charge in [0.05, 0.1) is 0 Å². The summed E-state index contributed by atoms with van der Waals surface area (Å²) in [6.45, 7) is 6.35. The Morgan fingerprint density at radius 2 is 1.94 bits per heavy atom. The number of amides is 1. The first-order valence-electron chi connectivity index (χ1n) is 5.36. The van der Waals surface area contributed by atoms with Crippen LogP contribution in [-0.2, 0) is 14.3 Å². The van der Waals surface area contributed by atoms with Crippen molar-refractivity contribution in [2.24, 2.45) is 0 Å². The summed E-state index contributed by atoms with van der Waals surface area (Å²) in [5.74, 6) is -1.80. The van der Waals surface area contributed by atoms with E-state index in [2.05, 4.69) is 0 Å². The monoisotopic (exact) mass is 243 g/mol. The first-order valence-corrected chi connectivity index (χ1v) is 5.36. The summed E-state index contributed by atoms with van der Waals surface area (Å²) >= 11 is 0. The number of ether oxygens (including phenoxy) is 1. The molecule has 1 saturated heterocycles. The lowest BCUT2D eigenvalue weighted by Gasteiger charge is -2.31. The molecule has 6 heteroatoms. The van der Waals surface area contributed by atoms with Crippen LogP contribution in [0.15, 0.2) is 0 Å². The van der Waals surface area contributed by atoms with E-state index in [1.54, 1.807) is 20.8 Å². The fourth-order valence-electron chi connectivity index (χ4n) is 1.66. The van der Waals surface area contributed by atoms with Gasteiger partial charge >= 0.3 is 12.1 Å². The van der Waals surface area contributed by atoms with Gasteiger partial charge in [0, 0.05) is 13.0 Å². The number of likely N-dealkylation sites (tertiary alicyclic amines) is 1. The van der Waals surface area contributed by atoms with Crippen molar-refractivity contribution in [3.63, 3.8) is 0 Å². The van der Waals surface area contributed by atoms with E-state index in [4.69, 9.17) is 9.84 Å². The number of hydrogen-bond acceptors (Lipinski definition) is 4. The Balaban J connectivity index is 2.95. The summed E-state index contributed by atoms with van der Waals surface area (Å²) in [7, 11) is 0. The quantitative estimate of drug-likeness (QED) is 0.695. The minimum Gasteiger partial charge on any atom is -0.479 e. The lowest BCUT2D eigenvalue weighted by atomic mass is 9.98. The van der Waals surface area contributed by atoms with Gasteiger partial charge in [-0.05, 0) is 27.7 Å². The van der Waals surface area contributed by atoms with Crippen LogP contribution in [0.5, 0.6) is 0 Å². The van der Waals surface area contributed by atoms with E-state index in [-0.39, 0.29) is 13.0 Å². The summed E-state index contributed by atoms with van der Waals surface area (Å²) in [5.41, 5.74) is -2.52. The maximum Gasteiger partial charge on any atom is 0.411 e. The van der Waals surface area contributed by atoms with Crippen LogP contribution in [-0.4, -0.2) is 45.5 Å². The van der Waals surface area contributed by atoms with Crippen LogP contribution in [0.3, 0.4) is 0 Å². The van der Waals surface area contributed by atoms with Crippen molar-refractivity contribution >= 4 is 17.8 Å². The molecule has 1 atom stereocenters. The van der Waals surface area contributed by atoms with E-state index in [0.717, 1.165) is 4.90 Å². The standard InChI is InChI=1S/C11H17NO5/c1-10(2,3)17-9(16)12-6-5-7(13)11(12,4)8(14)15/h5-6H2,1-4H3,(H,14,15). The molecule has 1 aliphatic rings. The fraction of sp³-hybridized carbons (Fsp3) is 0.727. The van der Waals surface area contributed by atoms with Gasteiger partial charge in [-0.1, -0.05) is 0 Å². The predicted octanol–water partition coefficient (Wildman–Crippen LogP) is 1.04. The Morgan fingerprint density at radius 3 is 2.35 bits per heavy atom. The minimum atomic E-state index is -1.80. The van der Waals surface area contributed by atoms with Gasteiger partial charge in [-0.15, -0.1) is 0 Å². The van der Waals surface area contributed by atoms with Gasteiger partial charge < -0.3 is 9.84 Å². The van der Waals surface area contributed by atoms with Crippen LogP contribution >= 0.6 is 0 Å². The van der Waals surface area contributed by atoms with E-state index in [9.17, 15) is 14.4 Å². The SMILES string of the molecule is CC(C)(C)OC(=O)N1CCC(=O)C1(C)C(=O)O. The molecule has 0 bridgehead atoms. The second-order valence-electron chi connectivity index (χ2n) is 5.18. The second kappa shape index (κ2) is 4.01. The molecule has 1 unspecified atom stereocenters. The molecular formula is C11H17NO5. The molecule has 1 rings (SSSR count). The summed E-state index contributed by atoms with van der Waals surface area (Å²) in [6, 6.07) is 0. The average molecular weight is 243 g/mol. The first kappa shape index (κ1) is 13.5. The highest BCUT2D eigenvalue weighted by molar-refractivity contribution is 6.11. The molecule has 0 aliphatic carbocycles. The molecule has 1 N–H and O–H groups in total. The zero-order valence-corrected chi connectivity index (χ0v) is 10.4. The van der Waals surface area contributed by atoms with E-state index in [0.29, 0.717) is 0 Å². The van der Waals surface area contributed by atoms with E-state index < -0.39 is 29.0 Å². The van der Waals surface area contributed by atoms with E-state index in [1.807, 2.05) is 0 Å². The predicted molar refractivity (Wildman–Crippen MR) is 58.6 cm³/mol. The number of rotatable bonds is 1. The number of carbonyl (C=O) groups excluding carboxylic acids is 2. The highest BCUT2D eigenvalue weighted by Gasteiger charge is 2.54. The number of carbonyl (C=O) groups is 3. The number of hydrogen-bond donors (Lipinski definition) is 1. The van der Waals surface area contributed by atoms with E-state index in [1.165, 1.54) is 6.92 Å². The summed E-state index contributed by atoms with van der Waals surface area (Å²) < 4.78 is 5.09. The van der Waals surface area contributed by atoms with Crippen molar-refractivity contribution in [2.45, 2.75) is 45.3 Å². The van der Waals surface area contributed by atoms with Crippen molar-refractivity contribution in [1.82, 2.24) is 4.90 Å². The fourth-order valence-corrected chi connectivity index (χ4v) is 1.66. The molecule has 0 saturated carbocycles. The number of Topliss-reactive ketones (excluding diaryl/α,β-unsaturated/α-hetero) is 1. The van der Waals surface area contributed by atoms with Crippen molar-refractivity contribution in [3.05, 3.63) is 0 Å². The minimum absolute atomic E-state index is 0.0437. The molecule has 1 fully saturated rings. The summed E-state index contributed by atoms with van der Waals surface area (Å²) in [5, 5.41) is 9.09. The lowest BCUT2D eigenvalue weighted by molar-refractivity contribution is -0.152. The average Bonchev–Trinajstić information content (AvgIpc) is 2.42. The maximum atomic E-state index is 11.8. The first-order chi connectivity index (χ1) is 7.59. The molecule has 0 radical (unpaired) electrons. The molecule has 96 valence electrons. The van der Waals surface area contributed by atoms with Crippen molar-refractivity contribution in [1.29, 1.82) is 0 Å². The highest BCUT2D eigenvalue weighted by Crippen LogP contribution is 2.28. The third kappa shape index (κ3) is 2.40. The number of carboxylic acids is 1. The van der Waals surface area contributed by atoms with Crippen LogP contribution in [0.25, 0.3) is 0 Å². The van der Waals surface area contributed by atoms with Gasteiger partial charge in [0.2, 0.25) is 0 Å². The van der Waals surface area contributed by atoms with Crippen molar-refractivity contribution in [3.8, 4) is 0 Å². The van der Waals surface area contributed by atoms with Gasteiger partial charge in [0.25, 0.3) is 0 Å². The number of carboxylic acid groups (broad SMARTS) is 1. The molecule has 1 aliphatic heterocycles. The molecule has 1 amide bonds. The van der Waals surface area contributed by atoms with Gasteiger partial charge in [0.15, 0.2) is 11.3 Å². The van der Waals surface area contributed by atoms with Gasteiger partial charge in [-0.3, -0.25) is 9.69 Å². The van der Waals surface area contributed by atoms with Crippen LogP contribution in [0.1, 0.15) is 34.1 Å². The Kier molecular flexibility index (Phi) is 3.18. The lowest BCUT2D eigenvalue weighted by Crippen LogP contribution is -2.55. The Bertz CT molecular complexity index is 371. The molecule has 17 heavy (non-hydrogen) atoms. The largest absolute Gasteiger partial charge is 0.479 e. The molecule has 0 spiro atoms. The topological polar surface area (TPSA) is 83.9 Å².